The average Bonchev–Trinajstić information content (AvgIpc) is 2.81. The molecule has 0 amide bonds. The van der Waals surface area contributed by atoms with Crippen LogP contribution < -0.4 is 5.73 Å². The molecule has 2 aromatic heterocycles. The molecule has 0 bridgehead atoms. The van der Waals surface area contributed by atoms with E-state index in [1.54, 1.807) is 0 Å². The fourth-order valence-electron chi connectivity index (χ4n) is 2.11. The summed E-state index contributed by atoms with van der Waals surface area (Å²) >= 11 is 1.82. The van der Waals surface area contributed by atoms with Gasteiger partial charge in [0.05, 0.1) is 18.3 Å². The van der Waals surface area contributed by atoms with Crippen LogP contribution in [0.4, 0.5) is 0 Å². The second-order valence-electron chi connectivity index (χ2n) is 3.93. The molecule has 0 radical (unpaired) electrons. The van der Waals surface area contributed by atoms with E-state index < -0.39 is 0 Å². The van der Waals surface area contributed by atoms with Gasteiger partial charge in [-0.1, -0.05) is 0 Å². The molecule has 3 nitrogen and oxygen atoms in total. The van der Waals surface area contributed by atoms with E-state index in [1.165, 1.54) is 25.9 Å². The molecular weight excluding hydrogens is 218 g/mol. The van der Waals surface area contributed by atoms with Crippen molar-refractivity contribution in [1.82, 2.24) is 9.78 Å². The summed E-state index contributed by atoms with van der Waals surface area (Å²) in [5.74, 6) is 0. The van der Waals surface area contributed by atoms with Crippen LogP contribution in [0.15, 0.2) is 24.4 Å². The van der Waals surface area contributed by atoms with E-state index in [0.29, 0.717) is 6.54 Å². The fraction of sp³-hybridized carbons (Fsp3) is 0.250. The Morgan fingerprint density at radius 2 is 2.31 bits per heavy atom. The molecule has 0 saturated carbocycles. The zero-order valence-corrected chi connectivity index (χ0v) is 9.92. The second-order valence-corrected chi connectivity index (χ2v) is 5.22. The Hall–Kier alpha value is -1.39. The number of nitrogens with zero attached hydrogens (tertiary/aromatic N) is 2. The zero-order chi connectivity index (χ0) is 11.1. The highest BCUT2D eigenvalue weighted by Gasteiger charge is 2.08. The number of thiophene rings is 1. The van der Waals surface area contributed by atoms with Gasteiger partial charge >= 0.3 is 0 Å². The van der Waals surface area contributed by atoms with Crippen LogP contribution in [0.2, 0.25) is 0 Å². The first-order chi connectivity index (χ1) is 7.79. The van der Waals surface area contributed by atoms with Crippen molar-refractivity contribution in [3.63, 3.8) is 0 Å². The first kappa shape index (κ1) is 9.81. The number of benzene rings is 1. The standard InChI is InChI=1S/C12H13N3S/c1-8-6-10-11(16-8)3-2-9-7-14-15(5-4-13)12(9)10/h2-3,6-7H,4-5,13H2,1H3. The summed E-state index contributed by atoms with van der Waals surface area (Å²) in [6, 6.07) is 6.54. The molecule has 0 aliphatic rings. The first-order valence-electron chi connectivity index (χ1n) is 5.34. The van der Waals surface area contributed by atoms with Crippen molar-refractivity contribution in [1.29, 1.82) is 0 Å². The summed E-state index contributed by atoms with van der Waals surface area (Å²) in [6.07, 6.45) is 1.91. The Bertz CT molecular complexity index is 651. The molecule has 0 unspecified atom stereocenters. The Balaban J connectivity index is 2.41. The van der Waals surface area contributed by atoms with Crippen molar-refractivity contribution in [2.75, 3.05) is 6.54 Å². The quantitative estimate of drug-likeness (QED) is 0.736. The highest BCUT2D eigenvalue weighted by molar-refractivity contribution is 7.19. The van der Waals surface area contributed by atoms with Gasteiger partial charge in [0.15, 0.2) is 0 Å². The lowest BCUT2D eigenvalue weighted by Crippen LogP contribution is -2.10. The van der Waals surface area contributed by atoms with Crippen molar-refractivity contribution >= 4 is 32.3 Å². The third-order valence-electron chi connectivity index (χ3n) is 2.76. The number of rotatable bonds is 2. The minimum absolute atomic E-state index is 0.621. The number of nitrogens with two attached hydrogens (primary N) is 1. The largest absolute Gasteiger partial charge is 0.329 e. The lowest BCUT2D eigenvalue weighted by molar-refractivity contribution is 0.647. The summed E-state index contributed by atoms with van der Waals surface area (Å²) in [7, 11) is 0. The van der Waals surface area contributed by atoms with Crippen molar-refractivity contribution in [2.24, 2.45) is 5.73 Å². The van der Waals surface area contributed by atoms with Crippen LogP contribution in [0.3, 0.4) is 0 Å². The van der Waals surface area contributed by atoms with E-state index in [4.69, 9.17) is 5.73 Å². The van der Waals surface area contributed by atoms with E-state index in [2.05, 4.69) is 30.2 Å². The van der Waals surface area contributed by atoms with E-state index in [9.17, 15) is 0 Å². The molecule has 82 valence electrons. The summed E-state index contributed by atoms with van der Waals surface area (Å²) in [4.78, 5) is 1.34. The van der Waals surface area contributed by atoms with Crippen LogP contribution in [0, 0.1) is 6.92 Å². The summed E-state index contributed by atoms with van der Waals surface area (Å²) in [5.41, 5.74) is 6.82. The molecule has 0 aliphatic heterocycles. The Kier molecular flexibility index (Phi) is 2.19. The SMILES string of the molecule is Cc1cc2c(ccc3cnn(CCN)c32)s1. The average molecular weight is 231 g/mol. The molecule has 0 spiro atoms. The summed E-state index contributed by atoms with van der Waals surface area (Å²) in [6.45, 7) is 3.54. The monoisotopic (exact) mass is 231 g/mol. The van der Waals surface area contributed by atoms with Crippen molar-refractivity contribution in [2.45, 2.75) is 13.5 Å². The van der Waals surface area contributed by atoms with Gasteiger partial charge in [0, 0.05) is 26.9 Å². The smallest absolute Gasteiger partial charge is 0.0769 e. The maximum atomic E-state index is 5.60. The van der Waals surface area contributed by atoms with Gasteiger partial charge in [-0.3, -0.25) is 4.68 Å². The van der Waals surface area contributed by atoms with Crippen LogP contribution in [0.1, 0.15) is 4.88 Å². The van der Waals surface area contributed by atoms with Gasteiger partial charge in [-0.25, -0.2) is 0 Å². The molecule has 2 N–H and O–H groups in total. The molecule has 0 saturated heterocycles. The van der Waals surface area contributed by atoms with Crippen molar-refractivity contribution in [3.8, 4) is 0 Å². The number of hydrogen-bond donors (Lipinski definition) is 1. The van der Waals surface area contributed by atoms with Crippen molar-refractivity contribution < 1.29 is 0 Å². The number of hydrogen-bond acceptors (Lipinski definition) is 3. The topological polar surface area (TPSA) is 43.8 Å². The minimum Gasteiger partial charge on any atom is -0.329 e. The molecule has 0 aliphatic carbocycles. The third-order valence-corrected chi connectivity index (χ3v) is 3.78. The molecule has 16 heavy (non-hydrogen) atoms. The molecule has 1 aromatic carbocycles. The summed E-state index contributed by atoms with van der Waals surface area (Å²) < 4.78 is 3.33. The highest BCUT2D eigenvalue weighted by Crippen LogP contribution is 2.31. The maximum Gasteiger partial charge on any atom is 0.0769 e. The molecule has 3 aromatic rings. The van der Waals surface area contributed by atoms with Crippen LogP contribution in [-0.2, 0) is 6.54 Å². The van der Waals surface area contributed by atoms with E-state index in [1.807, 2.05) is 22.2 Å². The Morgan fingerprint density at radius 3 is 3.12 bits per heavy atom. The lowest BCUT2D eigenvalue weighted by atomic mass is 10.2. The predicted octanol–water partition coefficient (Wildman–Crippen LogP) is 2.52. The van der Waals surface area contributed by atoms with Crippen LogP contribution in [0.25, 0.3) is 21.0 Å². The van der Waals surface area contributed by atoms with Gasteiger partial charge in [-0.15, -0.1) is 11.3 Å². The molecular formula is C12H13N3S. The van der Waals surface area contributed by atoms with Gasteiger partial charge in [-0.2, -0.15) is 5.10 Å². The summed E-state index contributed by atoms with van der Waals surface area (Å²) in [5, 5.41) is 6.88. The second kappa shape index (κ2) is 3.57. The minimum atomic E-state index is 0.621. The van der Waals surface area contributed by atoms with Gasteiger partial charge < -0.3 is 5.73 Å². The van der Waals surface area contributed by atoms with Gasteiger partial charge in [-0.05, 0) is 25.1 Å². The fourth-order valence-corrected chi connectivity index (χ4v) is 3.04. The first-order valence-corrected chi connectivity index (χ1v) is 6.16. The lowest BCUT2D eigenvalue weighted by Gasteiger charge is -2.01. The van der Waals surface area contributed by atoms with E-state index in [0.717, 1.165) is 6.54 Å². The third kappa shape index (κ3) is 1.34. The van der Waals surface area contributed by atoms with Crippen LogP contribution >= 0.6 is 11.3 Å². The van der Waals surface area contributed by atoms with Gasteiger partial charge in [0.2, 0.25) is 0 Å². The zero-order valence-electron chi connectivity index (χ0n) is 9.10. The number of aromatic nitrogens is 2. The molecule has 2 heterocycles. The molecule has 3 rings (SSSR count). The van der Waals surface area contributed by atoms with E-state index in [-0.39, 0.29) is 0 Å². The van der Waals surface area contributed by atoms with Gasteiger partial charge in [0.25, 0.3) is 0 Å². The van der Waals surface area contributed by atoms with Crippen LogP contribution in [0.5, 0.6) is 0 Å². The van der Waals surface area contributed by atoms with Crippen LogP contribution in [-0.4, -0.2) is 16.3 Å². The molecule has 0 atom stereocenters. The van der Waals surface area contributed by atoms with Gasteiger partial charge in [0.1, 0.15) is 0 Å². The molecule has 0 fully saturated rings. The van der Waals surface area contributed by atoms with Crippen molar-refractivity contribution in [3.05, 3.63) is 29.3 Å². The predicted molar refractivity (Wildman–Crippen MR) is 68.9 cm³/mol. The number of aryl methyl sites for hydroxylation is 1. The van der Waals surface area contributed by atoms with E-state index >= 15 is 0 Å². The normalized spacial score (nSPS) is 11.6. The number of fused-ring (bicyclic) bond motifs is 3. The maximum absolute atomic E-state index is 5.60. The molecule has 4 heteroatoms. The highest BCUT2D eigenvalue weighted by atomic mass is 32.1. The Morgan fingerprint density at radius 1 is 1.44 bits per heavy atom. The Labute approximate surface area is 97.5 Å².